The first kappa shape index (κ1) is 22.8. The van der Waals surface area contributed by atoms with Crippen molar-refractivity contribution in [3.8, 4) is 0 Å². The zero-order valence-electron chi connectivity index (χ0n) is 17.8. The second-order valence-corrected chi connectivity index (χ2v) is 8.24. The van der Waals surface area contributed by atoms with Crippen molar-refractivity contribution in [1.29, 1.82) is 0 Å². The number of urea groups is 1. The predicted octanol–water partition coefficient (Wildman–Crippen LogP) is 0.498. The topological polar surface area (TPSA) is 144 Å². The van der Waals surface area contributed by atoms with Crippen molar-refractivity contribution < 1.29 is 24.6 Å². The molecule has 10 heteroatoms. The van der Waals surface area contributed by atoms with Crippen LogP contribution in [-0.4, -0.2) is 75.8 Å². The number of carboxylic acids is 1. The van der Waals surface area contributed by atoms with Crippen LogP contribution in [0.15, 0.2) is 12.1 Å². The SMILES string of the molecule is CC(=O)N[C@@H](C(=O)O)C1(O)CCN(C(=O)NCCCc2ccc3c(n2)NCCC3)CC1. The molecule has 0 aromatic carbocycles. The summed E-state index contributed by atoms with van der Waals surface area (Å²) in [5.74, 6) is -0.848. The highest BCUT2D eigenvalue weighted by atomic mass is 16.4. The first-order chi connectivity index (χ1) is 14.8. The molecular weight excluding hydrogens is 402 g/mol. The molecule has 2 aliphatic heterocycles. The van der Waals surface area contributed by atoms with Gasteiger partial charge in [0.25, 0.3) is 0 Å². The largest absolute Gasteiger partial charge is 0.480 e. The summed E-state index contributed by atoms with van der Waals surface area (Å²) in [6.45, 7) is 3.07. The number of hydrogen-bond donors (Lipinski definition) is 5. The Labute approximate surface area is 181 Å². The number of carboxylic acid groups (broad SMARTS) is 1. The number of rotatable bonds is 7. The molecule has 1 aromatic heterocycles. The summed E-state index contributed by atoms with van der Waals surface area (Å²) in [4.78, 5) is 41.3. The molecule has 1 atom stereocenters. The summed E-state index contributed by atoms with van der Waals surface area (Å²) >= 11 is 0. The van der Waals surface area contributed by atoms with Crippen molar-refractivity contribution in [3.63, 3.8) is 0 Å². The average molecular weight is 434 g/mol. The lowest BCUT2D eigenvalue weighted by molar-refractivity contribution is -0.152. The van der Waals surface area contributed by atoms with Crippen molar-refractivity contribution in [2.75, 3.05) is 31.5 Å². The van der Waals surface area contributed by atoms with Gasteiger partial charge in [0, 0.05) is 38.8 Å². The number of aryl methyl sites for hydroxylation is 2. The van der Waals surface area contributed by atoms with Crippen LogP contribution in [0.2, 0.25) is 0 Å². The van der Waals surface area contributed by atoms with Crippen molar-refractivity contribution in [3.05, 3.63) is 23.4 Å². The maximum atomic E-state index is 12.4. The molecule has 1 fully saturated rings. The second-order valence-electron chi connectivity index (χ2n) is 8.24. The lowest BCUT2D eigenvalue weighted by Gasteiger charge is -2.41. The Bertz CT molecular complexity index is 822. The number of piperidine rings is 1. The van der Waals surface area contributed by atoms with E-state index in [2.05, 4.69) is 27.0 Å². The number of aliphatic carboxylic acids is 1. The highest BCUT2D eigenvalue weighted by molar-refractivity contribution is 5.83. The molecule has 5 N–H and O–H groups in total. The van der Waals surface area contributed by atoms with Crippen LogP contribution in [0.3, 0.4) is 0 Å². The summed E-state index contributed by atoms with van der Waals surface area (Å²) in [6.07, 6.45) is 3.82. The van der Waals surface area contributed by atoms with Gasteiger partial charge in [-0.25, -0.2) is 14.6 Å². The Morgan fingerprint density at radius 1 is 1.29 bits per heavy atom. The van der Waals surface area contributed by atoms with Crippen LogP contribution >= 0.6 is 0 Å². The van der Waals surface area contributed by atoms with E-state index in [1.807, 2.05) is 6.07 Å². The van der Waals surface area contributed by atoms with Crippen molar-refractivity contribution in [2.24, 2.45) is 0 Å². The van der Waals surface area contributed by atoms with E-state index in [4.69, 9.17) is 0 Å². The zero-order valence-corrected chi connectivity index (χ0v) is 17.8. The van der Waals surface area contributed by atoms with E-state index >= 15 is 0 Å². The van der Waals surface area contributed by atoms with Gasteiger partial charge in [0.05, 0.1) is 5.60 Å². The van der Waals surface area contributed by atoms with Gasteiger partial charge in [-0.15, -0.1) is 0 Å². The summed E-state index contributed by atoms with van der Waals surface area (Å²) in [5, 5.41) is 28.5. The molecule has 1 aromatic rings. The first-order valence-electron chi connectivity index (χ1n) is 10.8. The van der Waals surface area contributed by atoms with Crippen molar-refractivity contribution in [1.82, 2.24) is 20.5 Å². The highest BCUT2D eigenvalue weighted by Gasteiger charge is 2.45. The predicted molar refractivity (Wildman–Crippen MR) is 114 cm³/mol. The van der Waals surface area contributed by atoms with Crippen LogP contribution in [0.4, 0.5) is 10.6 Å². The van der Waals surface area contributed by atoms with E-state index in [9.17, 15) is 24.6 Å². The lowest BCUT2D eigenvalue weighted by Crippen LogP contribution is -2.61. The van der Waals surface area contributed by atoms with Gasteiger partial charge in [-0.3, -0.25) is 4.79 Å². The standard InChI is InChI=1S/C21H31N5O5/c1-14(27)24-17(19(28)29)21(31)8-12-26(13-9-21)20(30)23-11-3-5-16-7-6-15-4-2-10-22-18(15)25-16/h6-7,17,31H,2-5,8-13H2,1H3,(H,22,25)(H,23,30)(H,24,27)(H,28,29)/t17-/m0/s1. The molecule has 0 saturated carbocycles. The normalized spacial score (nSPS) is 18.3. The van der Waals surface area contributed by atoms with Gasteiger partial charge in [0.1, 0.15) is 5.82 Å². The molecule has 2 aliphatic rings. The number of amides is 3. The number of nitrogens with one attached hydrogen (secondary N) is 3. The van der Waals surface area contributed by atoms with Crippen LogP contribution in [0, 0.1) is 0 Å². The lowest BCUT2D eigenvalue weighted by atomic mass is 9.84. The number of carbonyl (C=O) groups excluding carboxylic acids is 2. The maximum absolute atomic E-state index is 12.4. The quantitative estimate of drug-likeness (QED) is 0.394. The molecule has 31 heavy (non-hydrogen) atoms. The Balaban J connectivity index is 1.42. The highest BCUT2D eigenvalue weighted by Crippen LogP contribution is 2.26. The summed E-state index contributed by atoms with van der Waals surface area (Å²) < 4.78 is 0. The Hall–Kier alpha value is -2.88. The third kappa shape index (κ3) is 5.84. The fraction of sp³-hybridized carbons (Fsp3) is 0.619. The van der Waals surface area contributed by atoms with Crippen LogP contribution < -0.4 is 16.0 Å². The Morgan fingerprint density at radius 3 is 2.71 bits per heavy atom. The van der Waals surface area contributed by atoms with Gasteiger partial charge in [0.2, 0.25) is 5.91 Å². The first-order valence-corrected chi connectivity index (χ1v) is 10.8. The molecule has 0 spiro atoms. The van der Waals surface area contributed by atoms with Crippen LogP contribution in [0.1, 0.15) is 43.9 Å². The van der Waals surface area contributed by atoms with E-state index in [0.717, 1.165) is 43.7 Å². The van der Waals surface area contributed by atoms with E-state index in [1.165, 1.54) is 12.5 Å². The number of pyridine rings is 1. The monoisotopic (exact) mass is 433 g/mol. The van der Waals surface area contributed by atoms with Gasteiger partial charge in [0.15, 0.2) is 6.04 Å². The molecule has 170 valence electrons. The van der Waals surface area contributed by atoms with Gasteiger partial charge in [-0.2, -0.15) is 0 Å². The third-order valence-corrected chi connectivity index (χ3v) is 5.89. The number of aliphatic hydroxyl groups is 1. The minimum atomic E-state index is -1.58. The smallest absolute Gasteiger partial charge is 0.329 e. The van der Waals surface area contributed by atoms with Gasteiger partial charge in [-0.1, -0.05) is 6.07 Å². The number of aromatic nitrogens is 1. The van der Waals surface area contributed by atoms with Crippen molar-refractivity contribution >= 4 is 23.7 Å². The molecule has 0 aliphatic carbocycles. The summed E-state index contributed by atoms with van der Waals surface area (Å²) in [5.41, 5.74) is 0.653. The summed E-state index contributed by atoms with van der Waals surface area (Å²) in [6, 6.07) is 2.51. The van der Waals surface area contributed by atoms with Crippen molar-refractivity contribution in [2.45, 2.75) is 57.1 Å². The molecule has 3 heterocycles. The fourth-order valence-electron chi connectivity index (χ4n) is 4.10. The van der Waals surface area contributed by atoms with E-state index < -0.39 is 23.5 Å². The number of fused-ring (bicyclic) bond motifs is 1. The average Bonchev–Trinajstić information content (AvgIpc) is 2.75. The molecule has 0 bridgehead atoms. The maximum Gasteiger partial charge on any atom is 0.329 e. The molecular formula is C21H31N5O5. The Morgan fingerprint density at radius 2 is 2.03 bits per heavy atom. The molecule has 1 saturated heterocycles. The van der Waals surface area contributed by atoms with Crippen LogP contribution in [0.25, 0.3) is 0 Å². The molecule has 10 nitrogen and oxygen atoms in total. The van der Waals surface area contributed by atoms with E-state index in [-0.39, 0.29) is 32.0 Å². The molecule has 0 unspecified atom stereocenters. The minimum Gasteiger partial charge on any atom is -0.480 e. The van der Waals surface area contributed by atoms with Gasteiger partial charge < -0.3 is 31.1 Å². The molecule has 0 radical (unpaired) electrons. The van der Waals surface area contributed by atoms with Crippen LogP contribution in [0.5, 0.6) is 0 Å². The molecule has 3 amide bonds. The zero-order chi connectivity index (χ0) is 22.4. The van der Waals surface area contributed by atoms with Gasteiger partial charge >= 0.3 is 12.0 Å². The van der Waals surface area contributed by atoms with E-state index in [0.29, 0.717) is 6.54 Å². The van der Waals surface area contributed by atoms with E-state index in [1.54, 1.807) is 4.90 Å². The second kappa shape index (κ2) is 9.95. The number of nitrogens with zero attached hydrogens (tertiary/aromatic N) is 2. The number of anilines is 1. The Kier molecular flexibility index (Phi) is 7.32. The third-order valence-electron chi connectivity index (χ3n) is 5.89. The number of hydrogen-bond acceptors (Lipinski definition) is 6. The van der Waals surface area contributed by atoms with Gasteiger partial charge in [-0.05, 0) is 50.2 Å². The number of likely N-dealkylation sites (tertiary alicyclic amines) is 1. The summed E-state index contributed by atoms with van der Waals surface area (Å²) in [7, 11) is 0. The van der Waals surface area contributed by atoms with Crippen LogP contribution in [-0.2, 0) is 22.4 Å². The molecule has 3 rings (SSSR count). The fourth-order valence-corrected chi connectivity index (χ4v) is 4.10. The minimum absolute atomic E-state index is 0.0731. The number of carbonyl (C=O) groups is 3.